The lowest BCUT2D eigenvalue weighted by Crippen LogP contribution is -2.20. The van der Waals surface area contributed by atoms with Gasteiger partial charge in [-0.2, -0.15) is 0 Å². The van der Waals surface area contributed by atoms with Crippen LogP contribution in [0.15, 0.2) is 36.8 Å². The lowest BCUT2D eigenvalue weighted by Gasteiger charge is -2.27. The second kappa shape index (κ2) is 4.20. The Hall–Kier alpha value is -1.61. The Bertz CT molecular complexity index is 728. The quantitative estimate of drug-likeness (QED) is 0.874. The summed E-state index contributed by atoms with van der Waals surface area (Å²) in [4.78, 5) is 4.28. The first-order valence-electron chi connectivity index (χ1n) is 8.12. The maximum absolute atomic E-state index is 11.1. The van der Waals surface area contributed by atoms with E-state index in [0.717, 1.165) is 17.6 Å². The second-order valence-corrected chi connectivity index (χ2v) is 7.03. The third-order valence-electron chi connectivity index (χ3n) is 5.69. The Kier molecular flexibility index (Phi) is 2.40. The molecule has 3 heteroatoms. The first kappa shape index (κ1) is 12.0. The van der Waals surface area contributed by atoms with Crippen molar-refractivity contribution in [2.45, 2.75) is 37.7 Å². The van der Waals surface area contributed by atoms with Gasteiger partial charge in [0.1, 0.15) is 0 Å². The van der Waals surface area contributed by atoms with Crippen LogP contribution in [0.1, 0.15) is 49.0 Å². The molecule has 4 atom stereocenters. The van der Waals surface area contributed by atoms with Crippen LogP contribution >= 0.6 is 0 Å². The fraction of sp³-hybridized carbons (Fsp3) is 0.500. The highest BCUT2D eigenvalue weighted by atomic mass is 16.3. The van der Waals surface area contributed by atoms with Crippen molar-refractivity contribution in [3.63, 3.8) is 0 Å². The molecular formula is C18H20N2O. The number of aromatic nitrogens is 2. The van der Waals surface area contributed by atoms with E-state index in [2.05, 4.69) is 33.7 Å². The number of fused-ring (bicyclic) bond motifs is 3. The highest BCUT2D eigenvalue weighted by molar-refractivity contribution is 5.50. The molecule has 2 fully saturated rings. The van der Waals surface area contributed by atoms with Gasteiger partial charge >= 0.3 is 0 Å². The molecule has 3 aliphatic carbocycles. The number of hydrogen-bond donors (Lipinski definition) is 1. The molecule has 1 N–H and O–H groups in total. The summed E-state index contributed by atoms with van der Waals surface area (Å²) in [5, 5.41) is 11.1. The summed E-state index contributed by atoms with van der Waals surface area (Å²) in [6, 6.07) is 4.36. The maximum atomic E-state index is 11.1. The van der Waals surface area contributed by atoms with Crippen molar-refractivity contribution in [2.24, 2.45) is 17.8 Å². The maximum Gasteiger partial charge on any atom is 0.0995 e. The lowest BCUT2D eigenvalue weighted by atomic mass is 9.85. The van der Waals surface area contributed by atoms with Crippen molar-refractivity contribution >= 4 is 5.52 Å². The highest BCUT2D eigenvalue weighted by Gasteiger charge is 2.42. The van der Waals surface area contributed by atoms with Gasteiger partial charge in [0.05, 0.1) is 29.8 Å². The van der Waals surface area contributed by atoms with Gasteiger partial charge in [0.15, 0.2) is 0 Å². The Balaban J connectivity index is 1.63. The van der Waals surface area contributed by atoms with Crippen LogP contribution in [-0.4, -0.2) is 14.5 Å². The van der Waals surface area contributed by atoms with Crippen LogP contribution in [0, 0.1) is 17.8 Å². The summed E-state index contributed by atoms with van der Waals surface area (Å²) in [6.45, 7) is 0. The van der Waals surface area contributed by atoms with Crippen LogP contribution in [0.3, 0.4) is 0 Å². The predicted octanol–water partition coefficient (Wildman–Crippen LogP) is 3.46. The summed E-state index contributed by atoms with van der Waals surface area (Å²) in [5.41, 5.74) is 3.55. The topological polar surface area (TPSA) is 37.5 Å². The molecule has 0 spiro atoms. The molecule has 2 saturated carbocycles. The molecule has 0 radical (unpaired) electrons. The van der Waals surface area contributed by atoms with E-state index in [1.54, 1.807) is 0 Å². The van der Waals surface area contributed by atoms with E-state index in [0.29, 0.717) is 23.7 Å². The Morgan fingerprint density at radius 2 is 2.10 bits per heavy atom. The average molecular weight is 280 g/mol. The van der Waals surface area contributed by atoms with Crippen LogP contribution < -0.4 is 0 Å². The van der Waals surface area contributed by atoms with Gasteiger partial charge in [0, 0.05) is 0 Å². The summed E-state index contributed by atoms with van der Waals surface area (Å²) in [6.07, 6.45) is 12.9. The number of aliphatic hydroxyl groups excluding tert-OH is 1. The molecule has 0 saturated heterocycles. The van der Waals surface area contributed by atoms with Crippen molar-refractivity contribution in [2.75, 3.05) is 0 Å². The minimum atomic E-state index is -0.363. The van der Waals surface area contributed by atoms with E-state index in [1.807, 2.05) is 12.5 Å². The van der Waals surface area contributed by atoms with Crippen molar-refractivity contribution in [3.8, 4) is 0 Å². The molecule has 108 valence electrons. The first-order valence-corrected chi connectivity index (χ1v) is 8.12. The normalized spacial score (nSPS) is 32.1. The molecule has 2 heterocycles. The summed E-state index contributed by atoms with van der Waals surface area (Å²) in [7, 11) is 0. The van der Waals surface area contributed by atoms with Crippen molar-refractivity contribution in [3.05, 3.63) is 48.1 Å². The van der Waals surface area contributed by atoms with Gasteiger partial charge in [-0.05, 0) is 61.0 Å². The zero-order valence-corrected chi connectivity index (χ0v) is 12.0. The minimum Gasteiger partial charge on any atom is -0.387 e. The smallest absolute Gasteiger partial charge is 0.0995 e. The van der Waals surface area contributed by atoms with E-state index < -0.39 is 0 Å². The van der Waals surface area contributed by atoms with Crippen LogP contribution in [-0.2, 0) is 0 Å². The highest BCUT2D eigenvalue weighted by Crippen LogP contribution is 2.51. The molecule has 2 aromatic rings. The predicted molar refractivity (Wildman–Crippen MR) is 81.0 cm³/mol. The van der Waals surface area contributed by atoms with E-state index in [9.17, 15) is 5.11 Å². The van der Waals surface area contributed by atoms with Crippen molar-refractivity contribution < 1.29 is 5.11 Å². The lowest BCUT2D eigenvalue weighted by molar-refractivity contribution is 0.0876. The van der Waals surface area contributed by atoms with Crippen LogP contribution in [0.25, 0.3) is 5.52 Å². The Labute approximate surface area is 124 Å². The van der Waals surface area contributed by atoms with Crippen LogP contribution in [0.5, 0.6) is 0 Å². The van der Waals surface area contributed by atoms with Crippen LogP contribution in [0.2, 0.25) is 0 Å². The van der Waals surface area contributed by atoms with Gasteiger partial charge in [0.25, 0.3) is 0 Å². The SMILES string of the molecule is O[C@H](c1c(C2CC2)ccc2cncn12)C1C[C@H]2C=CC1C2. The van der Waals surface area contributed by atoms with E-state index in [1.165, 1.54) is 24.8 Å². The molecule has 3 nitrogen and oxygen atoms in total. The molecule has 21 heavy (non-hydrogen) atoms. The number of imidazole rings is 1. The third-order valence-corrected chi connectivity index (χ3v) is 5.69. The minimum absolute atomic E-state index is 0.363. The number of allylic oxidation sites excluding steroid dienone is 2. The number of pyridine rings is 1. The number of nitrogens with zero attached hydrogens (tertiary/aromatic N) is 2. The van der Waals surface area contributed by atoms with E-state index in [-0.39, 0.29) is 6.10 Å². The number of rotatable bonds is 3. The van der Waals surface area contributed by atoms with Gasteiger partial charge in [-0.1, -0.05) is 18.2 Å². The van der Waals surface area contributed by atoms with E-state index >= 15 is 0 Å². The second-order valence-electron chi connectivity index (χ2n) is 7.03. The van der Waals surface area contributed by atoms with Gasteiger partial charge in [-0.3, -0.25) is 0 Å². The fourth-order valence-corrected chi connectivity index (χ4v) is 4.47. The van der Waals surface area contributed by atoms with Gasteiger partial charge in [0.2, 0.25) is 0 Å². The molecule has 0 amide bonds. The third kappa shape index (κ3) is 1.73. The molecule has 2 bridgehead atoms. The number of hydrogen-bond acceptors (Lipinski definition) is 2. The molecule has 5 rings (SSSR count). The van der Waals surface area contributed by atoms with Crippen molar-refractivity contribution in [1.29, 1.82) is 0 Å². The van der Waals surface area contributed by atoms with Gasteiger partial charge in [-0.25, -0.2) is 4.98 Å². The van der Waals surface area contributed by atoms with Gasteiger partial charge in [-0.15, -0.1) is 0 Å². The summed E-state index contributed by atoms with van der Waals surface area (Å²) in [5.74, 6) is 2.29. The fourth-order valence-electron chi connectivity index (χ4n) is 4.47. The molecular weight excluding hydrogens is 260 g/mol. The zero-order chi connectivity index (χ0) is 14.0. The molecule has 0 aliphatic heterocycles. The summed E-state index contributed by atoms with van der Waals surface area (Å²) >= 11 is 0. The Morgan fingerprint density at radius 1 is 1.19 bits per heavy atom. The van der Waals surface area contributed by atoms with Crippen molar-refractivity contribution in [1.82, 2.24) is 9.38 Å². The number of aliphatic hydroxyl groups is 1. The molecule has 0 aromatic carbocycles. The van der Waals surface area contributed by atoms with Gasteiger partial charge < -0.3 is 9.51 Å². The standard InChI is InChI=1S/C18H20N2O/c21-18(16-8-11-1-2-13(16)7-11)17-15(12-3-4-12)6-5-14-9-19-10-20(14)17/h1-2,5-6,9-13,16,18,21H,3-4,7-8H2/t11-,13?,16?,18-/m0/s1. The molecule has 3 aliphatic rings. The zero-order valence-electron chi connectivity index (χ0n) is 12.0. The molecule has 2 aromatic heterocycles. The monoisotopic (exact) mass is 280 g/mol. The summed E-state index contributed by atoms with van der Waals surface area (Å²) < 4.78 is 2.12. The average Bonchev–Trinajstić information content (AvgIpc) is 2.93. The molecule has 2 unspecified atom stereocenters. The van der Waals surface area contributed by atoms with Crippen LogP contribution in [0.4, 0.5) is 0 Å². The Morgan fingerprint density at radius 3 is 2.81 bits per heavy atom. The first-order chi connectivity index (χ1) is 10.3. The van der Waals surface area contributed by atoms with E-state index in [4.69, 9.17) is 0 Å². The largest absolute Gasteiger partial charge is 0.387 e.